The topological polar surface area (TPSA) is 58.1 Å². The van der Waals surface area contributed by atoms with E-state index in [9.17, 15) is 4.79 Å². The molecular formula is C17H22N4O. The zero-order valence-corrected chi connectivity index (χ0v) is 13.1. The molecule has 1 aromatic carbocycles. The van der Waals surface area contributed by atoms with Crippen LogP contribution in [0.2, 0.25) is 0 Å². The molecule has 1 amide bonds. The number of nitrogens with zero attached hydrogens (tertiary/aromatic N) is 3. The molecule has 0 spiro atoms. The molecule has 0 radical (unpaired) electrons. The summed E-state index contributed by atoms with van der Waals surface area (Å²) in [4.78, 5) is 22.3. The van der Waals surface area contributed by atoms with E-state index in [2.05, 4.69) is 46.2 Å². The Morgan fingerprint density at radius 2 is 1.86 bits per heavy atom. The van der Waals surface area contributed by atoms with E-state index in [0.717, 1.165) is 25.2 Å². The van der Waals surface area contributed by atoms with E-state index in [1.807, 2.05) is 12.1 Å². The van der Waals surface area contributed by atoms with Gasteiger partial charge in [0.1, 0.15) is 5.69 Å². The molecule has 5 nitrogen and oxygen atoms in total. The summed E-state index contributed by atoms with van der Waals surface area (Å²) in [7, 11) is 0. The summed E-state index contributed by atoms with van der Waals surface area (Å²) in [5.74, 6) is -0.203. The SMILES string of the molecule is CCN(CC)Cc1ccccc1CNC(=O)c1cnccn1. The number of carbonyl (C=O) groups is 1. The second kappa shape index (κ2) is 8.24. The number of benzene rings is 1. The van der Waals surface area contributed by atoms with Crippen molar-refractivity contribution in [2.45, 2.75) is 26.9 Å². The van der Waals surface area contributed by atoms with E-state index in [-0.39, 0.29) is 5.91 Å². The lowest BCUT2D eigenvalue weighted by atomic mass is 10.1. The molecule has 0 saturated heterocycles. The van der Waals surface area contributed by atoms with Gasteiger partial charge in [0.05, 0.1) is 6.20 Å². The van der Waals surface area contributed by atoms with Crippen molar-refractivity contribution >= 4 is 5.91 Å². The van der Waals surface area contributed by atoms with Crippen LogP contribution in [0.5, 0.6) is 0 Å². The van der Waals surface area contributed by atoms with Crippen LogP contribution in [0.3, 0.4) is 0 Å². The number of nitrogens with one attached hydrogen (secondary N) is 1. The molecule has 1 aromatic heterocycles. The second-order valence-electron chi connectivity index (χ2n) is 5.00. The average molecular weight is 298 g/mol. The molecule has 0 unspecified atom stereocenters. The summed E-state index contributed by atoms with van der Waals surface area (Å²) in [5, 5.41) is 2.90. The van der Waals surface area contributed by atoms with Gasteiger partial charge in [-0.3, -0.25) is 14.7 Å². The Kier molecular flexibility index (Phi) is 6.03. The van der Waals surface area contributed by atoms with Gasteiger partial charge in [0.15, 0.2) is 0 Å². The minimum Gasteiger partial charge on any atom is -0.347 e. The number of rotatable bonds is 7. The summed E-state index contributed by atoms with van der Waals surface area (Å²) < 4.78 is 0. The predicted molar refractivity (Wildman–Crippen MR) is 86.3 cm³/mol. The van der Waals surface area contributed by atoms with Gasteiger partial charge in [0, 0.05) is 25.5 Å². The quantitative estimate of drug-likeness (QED) is 0.852. The van der Waals surface area contributed by atoms with Gasteiger partial charge >= 0.3 is 0 Å². The summed E-state index contributed by atoms with van der Waals surface area (Å²) in [5.41, 5.74) is 2.71. The van der Waals surface area contributed by atoms with E-state index in [4.69, 9.17) is 0 Å². The van der Waals surface area contributed by atoms with Gasteiger partial charge in [-0.2, -0.15) is 0 Å². The highest BCUT2D eigenvalue weighted by molar-refractivity contribution is 5.91. The Labute approximate surface area is 131 Å². The molecule has 2 aromatic rings. The number of hydrogen-bond acceptors (Lipinski definition) is 4. The number of hydrogen-bond donors (Lipinski definition) is 1. The van der Waals surface area contributed by atoms with Gasteiger partial charge in [-0.15, -0.1) is 0 Å². The van der Waals surface area contributed by atoms with Crippen molar-refractivity contribution in [2.24, 2.45) is 0 Å². The molecule has 0 aliphatic rings. The fraction of sp³-hybridized carbons (Fsp3) is 0.353. The first kappa shape index (κ1) is 16.1. The molecule has 0 aliphatic carbocycles. The number of carbonyl (C=O) groups excluding carboxylic acids is 1. The van der Waals surface area contributed by atoms with E-state index >= 15 is 0 Å². The molecule has 1 N–H and O–H groups in total. The van der Waals surface area contributed by atoms with Crippen LogP contribution in [0.1, 0.15) is 35.5 Å². The van der Waals surface area contributed by atoms with Crippen LogP contribution in [0.15, 0.2) is 42.9 Å². The van der Waals surface area contributed by atoms with Gasteiger partial charge in [0.25, 0.3) is 5.91 Å². The third kappa shape index (κ3) is 4.36. The van der Waals surface area contributed by atoms with Gasteiger partial charge < -0.3 is 5.32 Å². The summed E-state index contributed by atoms with van der Waals surface area (Å²) in [6.45, 7) is 7.72. The third-order valence-corrected chi connectivity index (χ3v) is 3.64. The second-order valence-corrected chi connectivity index (χ2v) is 5.00. The van der Waals surface area contributed by atoms with Crippen molar-refractivity contribution in [3.8, 4) is 0 Å². The highest BCUT2D eigenvalue weighted by Gasteiger charge is 2.09. The Hall–Kier alpha value is -2.27. The van der Waals surface area contributed by atoms with Crippen molar-refractivity contribution in [1.82, 2.24) is 20.2 Å². The van der Waals surface area contributed by atoms with Crippen molar-refractivity contribution in [1.29, 1.82) is 0 Å². The lowest BCUT2D eigenvalue weighted by molar-refractivity contribution is 0.0945. The van der Waals surface area contributed by atoms with E-state index < -0.39 is 0 Å². The highest BCUT2D eigenvalue weighted by Crippen LogP contribution is 2.12. The molecule has 2 rings (SSSR count). The number of aromatic nitrogens is 2. The van der Waals surface area contributed by atoms with Gasteiger partial charge in [-0.1, -0.05) is 38.1 Å². The number of amides is 1. The Morgan fingerprint density at radius 3 is 2.50 bits per heavy atom. The normalized spacial score (nSPS) is 10.7. The molecule has 0 aliphatic heterocycles. The van der Waals surface area contributed by atoms with E-state index in [1.54, 1.807) is 6.20 Å². The van der Waals surface area contributed by atoms with Crippen molar-refractivity contribution in [3.63, 3.8) is 0 Å². The van der Waals surface area contributed by atoms with Crippen molar-refractivity contribution in [3.05, 3.63) is 59.7 Å². The van der Waals surface area contributed by atoms with Crippen LogP contribution in [0.25, 0.3) is 0 Å². The first-order valence-corrected chi connectivity index (χ1v) is 7.58. The fourth-order valence-electron chi connectivity index (χ4n) is 2.25. The molecule has 116 valence electrons. The zero-order chi connectivity index (χ0) is 15.8. The maximum absolute atomic E-state index is 12.0. The molecule has 0 fully saturated rings. The molecule has 1 heterocycles. The summed E-state index contributed by atoms with van der Waals surface area (Å²) >= 11 is 0. The largest absolute Gasteiger partial charge is 0.347 e. The van der Waals surface area contributed by atoms with Gasteiger partial charge in [-0.25, -0.2) is 4.98 Å². The van der Waals surface area contributed by atoms with E-state index in [0.29, 0.717) is 12.2 Å². The maximum atomic E-state index is 12.0. The molecule has 5 heteroatoms. The Bertz CT molecular complexity index is 597. The van der Waals surface area contributed by atoms with Crippen molar-refractivity contribution < 1.29 is 4.79 Å². The molecule has 0 bridgehead atoms. The van der Waals surface area contributed by atoms with Crippen LogP contribution >= 0.6 is 0 Å². The Balaban J connectivity index is 2.02. The monoisotopic (exact) mass is 298 g/mol. The highest BCUT2D eigenvalue weighted by atomic mass is 16.1. The lowest BCUT2D eigenvalue weighted by Crippen LogP contribution is -2.26. The third-order valence-electron chi connectivity index (χ3n) is 3.64. The first-order valence-electron chi connectivity index (χ1n) is 7.58. The van der Waals surface area contributed by atoms with Crippen LogP contribution in [-0.4, -0.2) is 33.9 Å². The smallest absolute Gasteiger partial charge is 0.271 e. The van der Waals surface area contributed by atoms with Crippen LogP contribution in [0, 0.1) is 0 Å². The zero-order valence-electron chi connectivity index (χ0n) is 13.1. The summed E-state index contributed by atoms with van der Waals surface area (Å²) in [6, 6.07) is 8.19. The van der Waals surface area contributed by atoms with Crippen LogP contribution in [0.4, 0.5) is 0 Å². The molecule has 0 saturated carbocycles. The predicted octanol–water partition coefficient (Wildman–Crippen LogP) is 2.25. The minimum absolute atomic E-state index is 0.203. The van der Waals surface area contributed by atoms with E-state index in [1.165, 1.54) is 18.0 Å². The Morgan fingerprint density at radius 1 is 1.14 bits per heavy atom. The maximum Gasteiger partial charge on any atom is 0.271 e. The molecule has 0 atom stereocenters. The van der Waals surface area contributed by atoms with Crippen LogP contribution in [-0.2, 0) is 13.1 Å². The molecular weight excluding hydrogens is 276 g/mol. The fourth-order valence-corrected chi connectivity index (χ4v) is 2.25. The van der Waals surface area contributed by atoms with Gasteiger partial charge in [-0.05, 0) is 24.2 Å². The van der Waals surface area contributed by atoms with Crippen molar-refractivity contribution in [2.75, 3.05) is 13.1 Å². The van der Waals surface area contributed by atoms with Gasteiger partial charge in [0.2, 0.25) is 0 Å². The molecule has 22 heavy (non-hydrogen) atoms. The lowest BCUT2D eigenvalue weighted by Gasteiger charge is -2.20. The average Bonchev–Trinajstić information content (AvgIpc) is 2.59. The summed E-state index contributed by atoms with van der Waals surface area (Å²) in [6.07, 6.45) is 4.54. The van der Waals surface area contributed by atoms with Crippen LogP contribution < -0.4 is 5.32 Å². The first-order chi connectivity index (χ1) is 10.7. The standard InChI is InChI=1S/C17H22N4O/c1-3-21(4-2)13-15-8-6-5-7-14(15)11-20-17(22)16-12-18-9-10-19-16/h5-10,12H,3-4,11,13H2,1-2H3,(H,20,22). The minimum atomic E-state index is -0.203.